The van der Waals surface area contributed by atoms with Crippen LogP contribution in [0.15, 0.2) is 60.8 Å². The van der Waals surface area contributed by atoms with E-state index < -0.39 is 11.6 Å². The molecule has 0 radical (unpaired) electrons. The number of urea groups is 1. The Labute approximate surface area is 242 Å². The van der Waals surface area contributed by atoms with Gasteiger partial charge in [0, 0.05) is 35.7 Å². The molecular weight excluding hydrogens is 607 g/mol. The molecule has 2 aliphatic rings. The first-order valence-electron chi connectivity index (χ1n) is 13.2. The molecule has 3 aromatic rings. The summed E-state index contributed by atoms with van der Waals surface area (Å²) in [5, 5.41) is 5.86. The highest BCUT2D eigenvalue weighted by Gasteiger charge is 2.41. The van der Waals surface area contributed by atoms with Gasteiger partial charge in [0.15, 0.2) is 0 Å². The summed E-state index contributed by atoms with van der Waals surface area (Å²) >= 11 is 2.30. The number of imidazole rings is 1. The van der Waals surface area contributed by atoms with E-state index >= 15 is 0 Å². The molecule has 0 spiro atoms. The number of nitrogens with zero attached hydrogens (tertiary/aromatic N) is 4. The van der Waals surface area contributed by atoms with Gasteiger partial charge in [-0.2, -0.15) is 0 Å². The number of amides is 4. The molecule has 3 heterocycles. The van der Waals surface area contributed by atoms with Crippen LogP contribution in [0, 0.1) is 6.92 Å². The van der Waals surface area contributed by atoms with Gasteiger partial charge >= 0.3 is 12.1 Å². The van der Waals surface area contributed by atoms with Gasteiger partial charge in [-0.25, -0.2) is 14.6 Å². The number of carbonyl (C=O) groups is 3. The van der Waals surface area contributed by atoms with E-state index in [1.807, 2.05) is 71.3 Å². The zero-order valence-electron chi connectivity index (χ0n) is 22.2. The average Bonchev–Trinajstić information content (AvgIpc) is 3.48. The molecule has 1 saturated heterocycles. The van der Waals surface area contributed by atoms with Gasteiger partial charge in [-0.05, 0) is 49.9 Å². The third kappa shape index (κ3) is 5.80. The van der Waals surface area contributed by atoms with E-state index in [0.717, 1.165) is 15.7 Å². The number of nitrogens with one attached hydrogen (secondary N) is 2. The number of aromatic nitrogens is 2. The normalized spacial score (nSPS) is 17.1. The molecule has 2 aliphatic heterocycles. The Morgan fingerprint density at radius 2 is 1.74 bits per heavy atom. The molecule has 9 nitrogen and oxygen atoms in total. The Morgan fingerprint density at radius 1 is 1.05 bits per heavy atom. The fraction of sp³-hybridized carbons (Fsp3) is 0.379. The number of rotatable bonds is 7. The predicted octanol–water partition coefficient (Wildman–Crippen LogP) is 4.72. The van der Waals surface area contributed by atoms with Crippen LogP contribution in [0.3, 0.4) is 0 Å². The zero-order valence-corrected chi connectivity index (χ0v) is 24.3. The number of anilines is 1. The Hall–Kier alpha value is -3.41. The predicted molar refractivity (Wildman–Crippen MR) is 158 cm³/mol. The molecule has 4 amide bonds. The first kappa shape index (κ1) is 27.2. The van der Waals surface area contributed by atoms with E-state index in [4.69, 9.17) is 0 Å². The highest BCUT2D eigenvalue weighted by molar-refractivity contribution is 14.1. The summed E-state index contributed by atoms with van der Waals surface area (Å²) in [6.07, 6.45) is 3.49. The number of hydrogen-bond donors (Lipinski definition) is 2. The Morgan fingerprint density at radius 3 is 2.38 bits per heavy atom. The molecule has 204 valence electrons. The highest BCUT2D eigenvalue weighted by atomic mass is 127. The second-order valence-electron chi connectivity index (χ2n) is 10.5. The maximum absolute atomic E-state index is 14.0. The first-order valence-corrected chi connectivity index (χ1v) is 14.7. The van der Waals surface area contributed by atoms with Gasteiger partial charge in [0.25, 0.3) is 0 Å². The van der Waals surface area contributed by atoms with E-state index in [-0.39, 0.29) is 18.0 Å². The summed E-state index contributed by atoms with van der Waals surface area (Å²) in [5.74, 6) is 0.575. The topological polar surface area (TPSA) is 99.6 Å². The van der Waals surface area contributed by atoms with Crippen molar-refractivity contribution in [3.05, 3.63) is 83.4 Å². The van der Waals surface area contributed by atoms with Gasteiger partial charge in [0.1, 0.15) is 11.4 Å². The molecule has 1 fully saturated rings. The first-order chi connectivity index (χ1) is 18.8. The average molecular weight is 641 g/mol. The van der Waals surface area contributed by atoms with Crippen LogP contribution in [0.4, 0.5) is 15.3 Å². The summed E-state index contributed by atoms with van der Waals surface area (Å²) in [6, 6.07) is 17.0. The van der Waals surface area contributed by atoms with Crippen LogP contribution >= 0.6 is 22.6 Å². The lowest BCUT2D eigenvalue weighted by Crippen LogP contribution is -2.61. The fourth-order valence-electron chi connectivity index (χ4n) is 5.52. The lowest BCUT2D eigenvalue weighted by atomic mass is 9.90. The number of hydrogen-bond acceptors (Lipinski definition) is 4. The molecule has 0 aliphatic carbocycles. The SMILES string of the molecule is Cc1ncc2n1C(=O)N(C1CCN(C(=O)C(C)(Cc3ccccc3)NC(=O)Nc3ccc(CI)cc3)CC1)C2. The minimum Gasteiger partial charge on any atom is -0.341 e. The summed E-state index contributed by atoms with van der Waals surface area (Å²) < 4.78 is 2.56. The highest BCUT2D eigenvalue weighted by Crippen LogP contribution is 2.27. The Bertz CT molecular complexity index is 1350. The smallest absolute Gasteiger partial charge is 0.330 e. The quantitative estimate of drug-likeness (QED) is 0.289. The van der Waals surface area contributed by atoms with Crippen LogP contribution in [0.25, 0.3) is 0 Å². The standard InChI is InChI=1S/C29H33IN6O3/c1-20-31-18-25-19-35(28(39)36(20)25)24-12-14-34(15-13-24)26(37)29(2,16-21-6-4-3-5-7-21)33-27(38)32-23-10-8-22(17-30)9-11-23/h3-11,18,24H,12-17,19H2,1-2H3,(H2,32,33,38). The van der Waals surface area contributed by atoms with Gasteiger partial charge < -0.3 is 20.4 Å². The third-order valence-electron chi connectivity index (χ3n) is 7.60. The van der Waals surface area contributed by atoms with Gasteiger partial charge in [0.05, 0.1) is 18.4 Å². The summed E-state index contributed by atoms with van der Waals surface area (Å²) in [5.41, 5.74) is 2.56. The van der Waals surface area contributed by atoms with Crippen molar-refractivity contribution >= 4 is 46.2 Å². The summed E-state index contributed by atoms with van der Waals surface area (Å²) in [6.45, 7) is 5.21. The van der Waals surface area contributed by atoms with Crippen molar-refractivity contribution in [3.63, 3.8) is 0 Å². The van der Waals surface area contributed by atoms with Crippen molar-refractivity contribution in [1.29, 1.82) is 0 Å². The number of piperidine rings is 1. The van der Waals surface area contributed by atoms with Crippen LogP contribution in [-0.2, 0) is 22.2 Å². The van der Waals surface area contributed by atoms with E-state index in [1.165, 1.54) is 5.56 Å². The third-order valence-corrected chi connectivity index (χ3v) is 8.48. The molecule has 5 rings (SSSR count). The molecule has 2 N–H and O–H groups in total. The van der Waals surface area contributed by atoms with Crippen molar-refractivity contribution in [2.75, 3.05) is 18.4 Å². The minimum absolute atomic E-state index is 0.0384. The largest absolute Gasteiger partial charge is 0.341 e. The molecule has 1 atom stereocenters. The Kier molecular flexibility index (Phi) is 7.92. The van der Waals surface area contributed by atoms with E-state index in [1.54, 1.807) is 17.7 Å². The number of alkyl halides is 1. The molecule has 0 bridgehead atoms. The maximum Gasteiger partial charge on any atom is 0.330 e. The van der Waals surface area contributed by atoms with Gasteiger partial charge in [-0.3, -0.25) is 9.36 Å². The van der Waals surface area contributed by atoms with E-state index in [0.29, 0.717) is 50.4 Å². The molecule has 10 heteroatoms. The van der Waals surface area contributed by atoms with Crippen LogP contribution in [0.5, 0.6) is 0 Å². The Balaban J connectivity index is 1.26. The van der Waals surface area contributed by atoms with Crippen molar-refractivity contribution in [2.24, 2.45) is 0 Å². The lowest BCUT2D eigenvalue weighted by Gasteiger charge is -2.40. The van der Waals surface area contributed by atoms with Crippen molar-refractivity contribution in [2.45, 2.75) is 55.7 Å². The monoisotopic (exact) mass is 640 g/mol. The number of likely N-dealkylation sites (tertiary alicyclic amines) is 1. The van der Waals surface area contributed by atoms with Crippen molar-refractivity contribution in [3.8, 4) is 0 Å². The number of carbonyl (C=O) groups excluding carboxylic acids is 3. The lowest BCUT2D eigenvalue weighted by molar-refractivity contribution is -0.138. The van der Waals surface area contributed by atoms with Crippen LogP contribution in [0.1, 0.15) is 42.4 Å². The van der Waals surface area contributed by atoms with E-state index in [9.17, 15) is 14.4 Å². The van der Waals surface area contributed by atoms with Crippen LogP contribution in [0.2, 0.25) is 0 Å². The van der Waals surface area contributed by atoms with E-state index in [2.05, 4.69) is 38.2 Å². The molecule has 2 aromatic carbocycles. The van der Waals surface area contributed by atoms with Gasteiger partial charge in [-0.1, -0.05) is 65.1 Å². The summed E-state index contributed by atoms with van der Waals surface area (Å²) in [4.78, 5) is 48.0. The molecule has 39 heavy (non-hydrogen) atoms. The molecule has 0 saturated carbocycles. The number of fused-ring (bicyclic) bond motifs is 1. The van der Waals surface area contributed by atoms with Gasteiger partial charge in [0.2, 0.25) is 5.91 Å². The number of halogens is 1. The van der Waals surface area contributed by atoms with Crippen LogP contribution in [-0.4, -0.2) is 62.0 Å². The number of aryl methyl sites for hydroxylation is 1. The molecule has 1 aromatic heterocycles. The maximum atomic E-state index is 14.0. The fourth-order valence-corrected chi connectivity index (χ4v) is 6.03. The van der Waals surface area contributed by atoms with Crippen molar-refractivity contribution in [1.82, 2.24) is 24.7 Å². The molecular formula is C29H33IN6O3. The second-order valence-corrected chi connectivity index (χ2v) is 11.2. The second kappa shape index (κ2) is 11.4. The number of benzene rings is 2. The zero-order chi connectivity index (χ0) is 27.6. The summed E-state index contributed by atoms with van der Waals surface area (Å²) in [7, 11) is 0. The minimum atomic E-state index is -1.15. The van der Waals surface area contributed by atoms with Gasteiger partial charge in [-0.15, -0.1) is 0 Å². The van der Waals surface area contributed by atoms with Crippen molar-refractivity contribution < 1.29 is 14.4 Å². The molecule has 1 unspecified atom stereocenters. The van der Waals surface area contributed by atoms with Crippen LogP contribution < -0.4 is 10.6 Å².